The summed E-state index contributed by atoms with van der Waals surface area (Å²) in [5.74, 6) is -0.172. The molecular weight excluding hydrogens is 296 g/mol. The first kappa shape index (κ1) is 16.5. The number of nitrogens with one attached hydrogen (secondary N) is 2. The smallest absolute Gasteiger partial charge is 0.251 e. The van der Waals surface area contributed by atoms with E-state index in [1.54, 1.807) is 6.07 Å². The minimum atomic E-state index is -0.172. The first-order valence-electron chi connectivity index (χ1n) is 7.48. The molecule has 0 aliphatic carbocycles. The van der Waals surface area contributed by atoms with Gasteiger partial charge in [-0.1, -0.05) is 13.0 Å². The van der Waals surface area contributed by atoms with E-state index in [9.17, 15) is 4.79 Å². The van der Waals surface area contributed by atoms with Gasteiger partial charge < -0.3 is 15.7 Å². The Bertz CT molecular complexity index is 625. The van der Waals surface area contributed by atoms with E-state index in [4.69, 9.17) is 5.11 Å². The van der Waals surface area contributed by atoms with E-state index >= 15 is 0 Å². The summed E-state index contributed by atoms with van der Waals surface area (Å²) >= 11 is 1.81. The van der Waals surface area contributed by atoms with E-state index < -0.39 is 0 Å². The Morgan fingerprint density at radius 3 is 2.82 bits per heavy atom. The summed E-state index contributed by atoms with van der Waals surface area (Å²) in [6, 6.07) is 11.9. The van der Waals surface area contributed by atoms with Crippen molar-refractivity contribution >= 4 is 22.9 Å². The predicted octanol–water partition coefficient (Wildman–Crippen LogP) is 3.21. The predicted molar refractivity (Wildman–Crippen MR) is 91.6 cm³/mol. The van der Waals surface area contributed by atoms with Gasteiger partial charge in [0.2, 0.25) is 0 Å². The number of hydrogen-bond acceptors (Lipinski definition) is 4. The van der Waals surface area contributed by atoms with Crippen LogP contribution in [0.25, 0.3) is 0 Å². The zero-order chi connectivity index (χ0) is 15.9. The lowest BCUT2D eigenvalue weighted by Gasteiger charge is -2.14. The van der Waals surface area contributed by atoms with Crippen molar-refractivity contribution in [2.24, 2.45) is 0 Å². The normalized spacial score (nSPS) is 12.0. The van der Waals surface area contributed by atoms with Gasteiger partial charge in [0.05, 0.1) is 12.6 Å². The van der Waals surface area contributed by atoms with Gasteiger partial charge >= 0.3 is 0 Å². The molecule has 0 radical (unpaired) electrons. The molecule has 1 amide bonds. The molecule has 0 aliphatic rings. The maximum atomic E-state index is 11.9. The highest BCUT2D eigenvalue weighted by Gasteiger charge is 2.10. The lowest BCUT2D eigenvalue weighted by atomic mass is 10.1. The van der Waals surface area contributed by atoms with Gasteiger partial charge in [-0.3, -0.25) is 4.79 Å². The molecule has 118 valence electrons. The van der Waals surface area contributed by atoms with Gasteiger partial charge in [0.15, 0.2) is 0 Å². The van der Waals surface area contributed by atoms with Crippen LogP contribution in [-0.2, 0) is 6.42 Å². The van der Waals surface area contributed by atoms with Crippen molar-refractivity contribution in [3.63, 3.8) is 0 Å². The van der Waals surface area contributed by atoms with E-state index in [-0.39, 0.29) is 25.1 Å². The van der Waals surface area contributed by atoms with Crippen molar-refractivity contribution < 1.29 is 9.90 Å². The molecule has 1 aromatic carbocycles. The number of aliphatic hydroxyl groups excluding tert-OH is 1. The molecule has 1 heterocycles. The van der Waals surface area contributed by atoms with E-state index in [0.717, 1.165) is 12.1 Å². The molecule has 0 bridgehead atoms. The van der Waals surface area contributed by atoms with Gasteiger partial charge in [0, 0.05) is 27.5 Å². The van der Waals surface area contributed by atoms with Crippen LogP contribution < -0.4 is 10.6 Å². The number of carbonyl (C=O) groups is 1. The van der Waals surface area contributed by atoms with Crippen LogP contribution in [0.4, 0.5) is 5.69 Å². The van der Waals surface area contributed by atoms with Crippen LogP contribution in [0.5, 0.6) is 0 Å². The van der Waals surface area contributed by atoms with Crippen molar-refractivity contribution in [1.82, 2.24) is 5.32 Å². The van der Waals surface area contributed by atoms with Crippen molar-refractivity contribution in [1.29, 1.82) is 0 Å². The van der Waals surface area contributed by atoms with Gasteiger partial charge in [-0.05, 0) is 43.7 Å². The molecule has 0 saturated heterocycles. The fraction of sp³-hybridized carbons (Fsp3) is 0.353. The van der Waals surface area contributed by atoms with Crippen molar-refractivity contribution in [3.8, 4) is 0 Å². The van der Waals surface area contributed by atoms with Gasteiger partial charge in [-0.2, -0.15) is 0 Å². The van der Waals surface area contributed by atoms with Crippen LogP contribution in [-0.4, -0.2) is 24.2 Å². The second kappa shape index (κ2) is 7.96. The van der Waals surface area contributed by atoms with E-state index in [2.05, 4.69) is 36.6 Å². The second-order valence-electron chi connectivity index (χ2n) is 5.08. The van der Waals surface area contributed by atoms with Crippen LogP contribution in [0.15, 0.2) is 36.4 Å². The summed E-state index contributed by atoms with van der Waals surface area (Å²) in [7, 11) is 0. The highest BCUT2D eigenvalue weighted by atomic mass is 32.1. The number of rotatable bonds is 7. The Balaban J connectivity index is 2.04. The van der Waals surface area contributed by atoms with Crippen molar-refractivity contribution in [3.05, 3.63) is 51.7 Å². The molecule has 1 unspecified atom stereocenters. The maximum absolute atomic E-state index is 11.9. The van der Waals surface area contributed by atoms with Crippen LogP contribution >= 0.6 is 11.3 Å². The Kier molecular flexibility index (Phi) is 5.98. The van der Waals surface area contributed by atoms with E-state index in [1.807, 2.05) is 29.5 Å². The molecule has 0 aliphatic heterocycles. The molecule has 0 saturated carbocycles. The summed E-state index contributed by atoms with van der Waals surface area (Å²) in [6.07, 6.45) is 1.05. The monoisotopic (exact) mass is 318 g/mol. The van der Waals surface area contributed by atoms with Crippen LogP contribution in [0.1, 0.15) is 40.0 Å². The summed E-state index contributed by atoms with van der Waals surface area (Å²) in [5.41, 5.74) is 1.50. The number of amides is 1. The third kappa shape index (κ3) is 4.32. The summed E-state index contributed by atoms with van der Waals surface area (Å²) in [6.45, 7) is 4.48. The summed E-state index contributed by atoms with van der Waals surface area (Å²) in [4.78, 5) is 14.6. The molecule has 1 atom stereocenters. The third-order valence-corrected chi connectivity index (χ3v) is 4.78. The molecule has 2 rings (SSSR count). The summed E-state index contributed by atoms with van der Waals surface area (Å²) < 4.78 is 0. The largest absolute Gasteiger partial charge is 0.395 e. The molecule has 4 nitrogen and oxygen atoms in total. The number of hydrogen-bond donors (Lipinski definition) is 3. The Morgan fingerprint density at radius 2 is 2.14 bits per heavy atom. The van der Waals surface area contributed by atoms with E-state index in [1.165, 1.54) is 9.75 Å². The highest BCUT2D eigenvalue weighted by molar-refractivity contribution is 7.12. The van der Waals surface area contributed by atoms with Gasteiger partial charge in [0.1, 0.15) is 0 Å². The lowest BCUT2D eigenvalue weighted by Crippen LogP contribution is -2.26. The minimum Gasteiger partial charge on any atom is -0.395 e. The topological polar surface area (TPSA) is 61.4 Å². The van der Waals surface area contributed by atoms with Crippen molar-refractivity contribution in [2.45, 2.75) is 26.3 Å². The lowest BCUT2D eigenvalue weighted by molar-refractivity contribution is 0.0945. The number of benzene rings is 1. The molecule has 2 aromatic rings. The van der Waals surface area contributed by atoms with E-state index in [0.29, 0.717) is 5.56 Å². The Hall–Kier alpha value is -1.85. The standard InChI is InChI=1S/C17H22N2O2S/c1-3-15-7-8-16(22-15)12(2)19-14-6-4-5-13(11-14)17(21)18-9-10-20/h4-8,11-12,19-20H,3,9-10H2,1-2H3,(H,18,21). The maximum Gasteiger partial charge on any atom is 0.251 e. The SMILES string of the molecule is CCc1ccc(C(C)Nc2cccc(C(=O)NCCO)c2)s1. The zero-order valence-electron chi connectivity index (χ0n) is 12.9. The van der Waals surface area contributed by atoms with Crippen LogP contribution in [0.2, 0.25) is 0 Å². The molecule has 3 N–H and O–H groups in total. The molecule has 0 spiro atoms. The zero-order valence-corrected chi connectivity index (χ0v) is 13.7. The third-order valence-electron chi connectivity index (χ3n) is 3.36. The quantitative estimate of drug-likeness (QED) is 0.734. The molecule has 1 aromatic heterocycles. The Labute approximate surface area is 135 Å². The average molecular weight is 318 g/mol. The fourth-order valence-electron chi connectivity index (χ4n) is 2.16. The number of aliphatic hydroxyl groups is 1. The van der Waals surface area contributed by atoms with Gasteiger partial charge in [0.25, 0.3) is 5.91 Å². The second-order valence-corrected chi connectivity index (χ2v) is 6.28. The molecule has 0 fully saturated rings. The van der Waals surface area contributed by atoms with Crippen molar-refractivity contribution in [2.75, 3.05) is 18.5 Å². The fourth-order valence-corrected chi connectivity index (χ4v) is 3.12. The van der Waals surface area contributed by atoms with Gasteiger partial charge in [-0.25, -0.2) is 0 Å². The average Bonchev–Trinajstić information content (AvgIpc) is 3.02. The van der Waals surface area contributed by atoms with Gasteiger partial charge in [-0.15, -0.1) is 11.3 Å². The highest BCUT2D eigenvalue weighted by Crippen LogP contribution is 2.26. The van der Waals surface area contributed by atoms with Crippen LogP contribution in [0.3, 0.4) is 0 Å². The number of anilines is 1. The number of aryl methyl sites for hydroxylation is 1. The minimum absolute atomic E-state index is 0.0567. The molecular formula is C17H22N2O2S. The molecule has 5 heteroatoms. The first-order valence-corrected chi connectivity index (χ1v) is 8.30. The number of carbonyl (C=O) groups excluding carboxylic acids is 1. The first-order chi connectivity index (χ1) is 10.6. The summed E-state index contributed by atoms with van der Waals surface area (Å²) in [5, 5.41) is 14.8. The molecule has 22 heavy (non-hydrogen) atoms. The Morgan fingerprint density at radius 1 is 1.32 bits per heavy atom. The number of thiophene rings is 1. The van der Waals surface area contributed by atoms with Crippen LogP contribution in [0, 0.1) is 0 Å².